The van der Waals surface area contributed by atoms with Gasteiger partial charge in [-0.3, -0.25) is 0 Å². The number of rotatable bonds is 4. The number of halogens is 1. The predicted molar refractivity (Wildman–Crippen MR) is 61.4 cm³/mol. The number of nitrogens with two attached hydrogens (primary N) is 1. The predicted octanol–water partition coefficient (Wildman–Crippen LogP) is 1.90. The summed E-state index contributed by atoms with van der Waals surface area (Å²) in [6.45, 7) is 2.16. The van der Waals surface area contributed by atoms with Crippen molar-refractivity contribution in [3.63, 3.8) is 0 Å². The summed E-state index contributed by atoms with van der Waals surface area (Å²) in [7, 11) is 1.56. The van der Waals surface area contributed by atoms with Crippen LogP contribution in [-0.4, -0.2) is 18.8 Å². The van der Waals surface area contributed by atoms with E-state index in [2.05, 4.69) is 0 Å². The summed E-state index contributed by atoms with van der Waals surface area (Å²) in [5, 5.41) is 10.3. The van der Waals surface area contributed by atoms with Crippen molar-refractivity contribution in [1.82, 2.24) is 0 Å². The third-order valence-corrected chi connectivity index (χ3v) is 2.71. The summed E-state index contributed by atoms with van der Waals surface area (Å²) in [6, 6.07) is 3.56. The van der Waals surface area contributed by atoms with Gasteiger partial charge < -0.3 is 15.6 Å². The fourth-order valence-corrected chi connectivity index (χ4v) is 1.75. The van der Waals surface area contributed by atoms with Gasteiger partial charge in [-0.15, -0.1) is 0 Å². The molecule has 84 valence electrons. The first kappa shape index (κ1) is 12.3. The van der Waals surface area contributed by atoms with Crippen LogP contribution in [0.2, 0.25) is 5.02 Å². The maximum absolute atomic E-state index is 9.67. The highest BCUT2D eigenvalue weighted by Crippen LogP contribution is 2.31. The molecule has 1 rings (SSSR count). The Balaban J connectivity index is 3.21. The fourth-order valence-electron chi connectivity index (χ4n) is 1.45. The van der Waals surface area contributed by atoms with Gasteiger partial charge in [-0.25, -0.2) is 0 Å². The van der Waals surface area contributed by atoms with Crippen molar-refractivity contribution >= 4 is 11.6 Å². The van der Waals surface area contributed by atoms with Crippen LogP contribution in [0, 0.1) is 0 Å². The summed E-state index contributed by atoms with van der Waals surface area (Å²) in [5.41, 5.74) is 7.04. The number of benzene rings is 1. The van der Waals surface area contributed by atoms with Crippen molar-refractivity contribution in [2.75, 3.05) is 13.7 Å². The van der Waals surface area contributed by atoms with Gasteiger partial charge >= 0.3 is 0 Å². The lowest BCUT2D eigenvalue weighted by Gasteiger charge is -2.15. The van der Waals surface area contributed by atoms with Crippen LogP contribution in [0.3, 0.4) is 0 Å². The van der Waals surface area contributed by atoms with E-state index in [9.17, 15) is 5.11 Å². The first-order valence-corrected chi connectivity index (χ1v) is 5.26. The lowest BCUT2D eigenvalue weighted by molar-refractivity contribution is 0.182. The van der Waals surface area contributed by atoms with E-state index in [4.69, 9.17) is 22.1 Å². The Morgan fingerprint density at radius 2 is 2.20 bits per heavy atom. The van der Waals surface area contributed by atoms with Gasteiger partial charge in [-0.2, -0.15) is 0 Å². The van der Waals surface area contributed by atoms with Crippen molar-refractivity contribution in [1.29, 1.82) is 0 Å². The van der Waals surface area contributed by atoms with E-state index in [0.717, 1.165) is 12.0 Å². The molecule has 0 amide bonds. The smallest absolute Gasteiger partial charge is 0.125 e. The number of ether oxygens (including phenoxy) is 1. The van der Waals surface area contributed by atoms with Crippen LogP contribution < -0.4 is 10.5 Å². The summed E-state index contributed by atoms with van der Waals surface area (Å²) in [4.78, 5) is 0. The van der Waals surface area contributed by atoms with Gasteiger partial charge in [0.2, 0.25) is 0 Å². The zero-order chi connectivity index (χ0) is 11.4. The number of hydrogen-bond acceptors (Lipinski definition) is 3. The normalized spacial score (nSPS) is 12.6. The van der Waals surface area contributed by atoms with Crippen LogP contribution in [0.25, 0.3) is 0 Å². The molecule has 0 radical (unpaired) electrons. The molecule has 3 nitrogen and oxygen atoms in total. The molecule has 1 aromatic rings. The highest BCUT2D eigenvalue weighted by molar-refractivity contribution is 6.31. The second kappa shape index (κ2) is 5.35. The fraction of sp³-hybridized carbons (Fsp3) is 0.455. The molecule has 0 aromatic heterocycles. The second-order valence-corrected chi connectivity index (χ2v) is 3.70. The molecule has 15 heavy (non-hydrogen) atoms. The molecule has 0 saturated heterocycles. The van der Waals surface area contributed by atoms with E-state index in [0.29, 0.717) is 16.3 Å². The molecule has 1 aromatic carbocycles. The molecule has 0 bridgehead atoms. The molecule has 1 unspecified atom stereocenters. The first-order chi connectivity index (χ1) is 7.13. The Labute approximate surface area is 94.8 Å². The van der Waals surface area contributed by atoms with Gasteiger partial charge in [0.25, 0.3) is 0 Å². The molecule has 0 saturated carbocycles. The van der Waals surface area contributed by atoms with Crippen LogP contribution in [0.15, 0.2) is 12.1 Å². The molecule has 0 aliphatic heterocycles. The van der Waals surface area contributed by atoms with E-state index < -0.39 is 6.10 Å². The van der Waals surface area contributed by atoms with E-state index in [1.807, 2.05) is 13.0 Å². The van der Waals surface area contributed by atoms with Crippen molar-refractivity contribution in [3.05, 3.63) is 28.3 Å². The molecular formula is C11H16ClNO2. The summed E-state index contributed by atoms with van der Waals surface area (Å²) < 4.78 is 5.19. The summed E-state index contributed by atoms with van der Waals surface area (Å²) in [6.07, 6.45) is 0.0946. The van der Waals surface area contributed by atoms with E-state index in [-0.39, 0.29) is 6.54 Å². The van der Waals surface area contributed by atoms with Gasteiger partial charge in [-0.05, 0) is 24.1 Å². The highest BCUT2D eigenvalue weighted by Gasteiger charge is 2.14. The lowest BCUT2D eigenvalue weighted by atomic mass is 10.0. The zero-order valence-corrected chi connectivity index (χ0v) is 9.71. The zero-order valence-electron chi connectivity index (χ0n) is 8.96. The number of aliphatic hydroxyl groups excluding tert-OH is 1. The van der Waals surface area contributed by atoms with E-state index in [1.54, 1.807) is 13.2 Å². The maximum atomic E-state index is 9.67. The van der Waals surface area contributed by atoms with Gasteiger partial charge in [0.15, 0.2) is 0 Å². The largest absolute Gasteiger partial charge is 0.496 e. The molecular weight excluding hydrogens is 214 g/mol. The van der Waals surface area contributed by atoms with Crippen LogP contribution >= 0.6 is 11.6 Å². The molecule has 0 fully saturated rings. The monoisotopic (exact) mass is 229 g/mol. The Kier molecular flexibility index (Phi) is 4.39. The minimum atomic E-state index is -0.733. The average molecular weight is 230 g/mol. The number of aryl methyl sites for hydroxylation is 1. The molecule has 4 heteroatoms. The molecule has 0 spiro atoms. The molecule has 0 heterocycles. The van der Waals surface area contributed by atoms with Gasteiger partial charge in [0, 0.05) is 17.1 Å². The third-order valence-electron chi connectivity index (χ3n) is 2.36. The van der Waals surface area contributed by atoms with Gasteiger partial charge in [0.1, 0.15) is 5.75 Å². The Hall–Kier alpha value is -0.770. The molecule has 3 N–H and O–H groups in total. The Morgan fingerprint density at radius 1 is 1.53 bits per heavy atom. The summed E-state index contributed by atoms with van der Waals surface area (Å²) in [5.74, 6) is 0.634. The lowest BCUT2D eigenvalue weighted by Crippen LogP contribution is -2.12. The topological polar surface area (TPSA) is 55.5 Å². The van der Waals surface area contributed by atoms with Gasteiger partial charge in [0.05, 0.1) is 13.2 Å². The SMILES string of the molecule is CCc1cc(OC)c(C(O)CN)cc1Cl. The average Bonchev–Trinajstić information content (AvgIpc) is 2.27. The van der Waals surface area contributed by atoms with Crippen molar-refractivity contribution < 1.29 is 9.84 Å². The minimum absolute atomic E-state index is 0.151. The van der Waals surface area contributed by atoms with Crippen molar-refractivity contribution in [2.24, 2.45) is 5.73 Å². The molecule has 0 aliphatic carbocycles. The third kappa shape index (κ3) is 2.62. The molecule has 1 atom stereocenters. The number of methoxy groups -OCH3 is 1. The van der Waals surface area contributed by atoms with E-state index >= 15 is 0 Å². The second-order valence-electron chi connectivity index (χ2n) is 3.29. The Morgan fingerprint density at radius 3 is 2.67 bits per heavy atom. The van der Waals surface area contributed by atoms with Crippen molar-refractivity contribution in [3.8, 4) is 5.75 Å². The number of aliphatic hydroxyl groups is 1. The quantitative estimate of drug-likeness (QED) is 0.829. The van der Waals surface area contributed by atoms with Crippen LogP contribution in [-0.2, 0) is 6.42 Å². The van der Waals surface area contributed by atoms with Crippen molar-refractivity contribution in [2.45, 2.75) is 19.4 Å². The van der Waals surface area contributed by atoms with E-state index in [1.165, 1.54) is 0 Å². The maximum Gasteiger partial charge on any atom is 0.125 e. The summed E-state index contributed by atoms with van der Waals surface area (Å²) >= 11 is 6.05. The van der Waals surface area contributed by atoms with Crippen LogP contribution in [0.1, 0.15) is 24.2 Å². The van der Waals surface area contributed by atoms with Crippen LogP contribution in [0.4, 0.5) is 0 Å². The molecule has 0 aliphatic rings. The highest BCUT2D eigenvalue weighted by atomic mass is 35.5. The minimum Gasteiger partial charge on any atom is -0.496 e. The van der Waals surface area contributed by atoms with Crippen LogP contribution in [0.5, 0.6) is 5.75 Å². The Bertz CT molecular complexity index is 342. The standard InChI is InChI=1S/C11H16ClNO2/c1-3-7-4-11(15-2)8(5-9(7)12)10(14)6-13/h4-5,10,14H,3,6,13H2,1-2H3. The number of hydrogen-bond donors (Lipinski definition) is 2. The van der Waals surface area contributed by atoms with Gasteiger partial charge in [-0.1, -0.05) is 18.5 Å². The first-order valence-electron chi connectivity index (χ1n) is 4.88.